The number of aryl methyl sites for hydroxylation is 1. The molecule has 0 fully saturated rings. The smallest absolute Gasteiger partial charge is 0.227 e. The fourth-order valence-corrected chi connectivity index (χ4v) is 4.78. The van der Waals surface area contributed by atoms with E-state index in [-0.39, 0.29) is 5.91 Å². The van der Waals surface area contributed by atoms with Gasteiger partial charge < -0.3 is 24.3 Å². The molecule has 1 amide bonds. The molecule has 1 aromatic heterocycles. The summed E-state index contributed by atoms with van der Waals surface area (Å²) in [6.45, 7) is 5.65. The largest absolute Gasteiger partial charge is 0.493 e. The minimum absolute atomic E-state index is 0.192. The van der Waals surface area contributed by atoms with Gasteiger partial charge in [0.2, 0.25) is 5.91 Å². The summed E-state index contributed by atoms with van der Waals surface area (Å²) in [5.74, 6) is 1.60. The normalized spacial score (nSPS) is 14.0. The lowest BCUT2D eigenvalue weighted by Crippen LogP contribution is -2.35. The molecule has 2 aromatic carbocycles. The summed E-state index contributed by atoms with van der Waals surface area (Å²) in [5.41, 5.74) is 6.12. The summed E-state index contributed by atoms with van der Waals surface area (Å²) >= 11 is 0. The van der Waals surface area contributed by atoms with Crippen molar-refractivity contribution in [3.8, 4) is 11.5 Å². The molecule has 4 rings (SSSR count). The number of para-hydroxylation sites is 1. The lowest BCUT2D eigenvalue weighted by atomic mass is 10.0. The van der Waals surface area contributed by atoms with Crippen LogP contribution < -0.4 is 9.47 Å². The number of methoxy groups -OCH3 is 2. The first-order valence-corrected chi connectivity index (χ1v) is 11.8. The van der Waals surface area contributed by atoms with Crippen LogP contribution >= 0.6 is 0 Å². The minimum Gasteiger partial charge on any atom is -0.493 e. The van der Waals surface area contributed by atoms with E-state index in [1.807, 2.05) is 17.0 Å². The van der Waals surface area contributed by atoms with Crippen molar-refractivity contribution in [3.05, 3.63) is 58.8 Å². The number of benzene rings is 2. The van der Waals surface area contributed by atoms with E-state index in [4.69, 9.17) is 9.47 Å². The number of carbonyl (C=O) groups is 1. The standard InChI is InChI=1S/C27H35N3O3/c1-19-7-5-8-23-21(18-28-27(19)23)9-13-29(2)11-6-12-30-14-10-20-15-24(32-3)25(33-4)16-22(20)17-26(30)31/h5,7-8,15-16,18,28H,6,9-14,17H2,1-4H3. The minimum atomic E-state index is 0.192. The van der Waals surface area contributed by atoms with Gasteiger partial charge in [0, 0.05) is 36.7 Å². The predicted octanol–water partition coefficient (Wildman–Crippen LogP) is 3.99. The fourth-order valence-electron chi connectivity index (χ4n) is 4.78. The number of ether oxygens (including phenoxy) is 2. The number of rotatable bonds is 9. The van der Waals surface area contributed by atoms with Gasteiger partial charge in [0.05, 0.1) is 20.6 Å². The van der Waals surface area contributed by atoms with E-state index in [0.717, 1.165) is 56.8 Å². The highest BCUT2D eigenvalue weighted by molar-refractivity contribution is 5.85. The van der Waals surface area contributed by atoms with Crippen LogP contribution in [-0.2, 0) is 24.1 Å². The molecule has 176 valence electrons. The number of fused-ring (bicyclic) bond motifs is 2. The molecular formula is C27H35N3O3. The summed E-state index contributed by atoms with van der Waals surface area (Å²) in [4.78, 5) is 20.7. The van der Waals surface area contributed by atoms with Gasteiger partial charge in [-0.1, -0.05) is 18.2 Å². The average molecular weight is 450 g/mol. The van der Waals surface area contributed by atoms with Gasteiger partial charge in [0.25, 0.3) is 0 Å². The monoisotopic (exact) mass is 449 g/mol. The van der Waals surface area contributed by atoms with Crippen molar-refractivity contribution in [2.24, 2.45) is 0 Å². The van der Waals surface area contributed by atoms with Gasteiger partial charge in [-0.25, -0.2) is 0 Å². The molecule has 0 unspecified atom stereocenters. The van der Waals surface area contributed by atoms with Crippen molar-refractivity contribution >= 4 is 16.8 Å². The zero-order valence-electron chi connectivity index (χ0n) is 20.2. The highest BCUT2D eigenvalue weighted by atomic mass is 16.5. The maximum Gasteiger partial charge on any atom is 0.227 e. The second-order valence-corrected chi connectivity index (χ2v) is 9.00. The molecular weight excluding hydrogens is 414 g/mol. The van der Waals surface area contributed by atoms with Crippen molar-refractivity contribution in [3.63, 3.8) is 0 Å². The second kappa shape index (κ2) is 10.3. The third kappa shape index (κ3) is 5.17. The molecule has 0 bridgehead atoms. The summed E-state index contributed by atoms with van der Waals surface area (Å²) < 4.78 is 10.9. The number of likely N-dealkylation sites (N-methyl/N-ethyl adjacent to an activating group) is 1. The van der Waals surface area contributed by atoms with E-state index >= 15 is 0 Å². The summed E-state index contributed by atoms with van der Waals surface area (Å²) in [5, 5.41) is 1.33. The van der Waals surface area contributed by atoms with E-state index in [9.17, 15) is 4.79 Å². The number of aromatic amines is 1. The Balaban J connectivity index is 1.27. The Bertz CT molecular complexity index is 1120. The van der Waals surface area contributed by atoms with Crippen LogP contribution in [0.1, 0.15) is 28.7 Å². The molecule has 3 aromatic rings. The Morgan fingerprint density at radius 3 is 2.61 bits per heavy atom. The first kappa shape index (κ1) is 23.2. The lowest BCUT2D eigenvalue weighted by molar-refractivity contribution is -0.130. The molecule has 1 aliphatic heterocycles. The van der Waals surface area contributed by atoms with E-state index in [2.05, 4.69) is 48.3 Å². The molecule has 0 saturated heterocycles. The Morgan fingerprint density at radius 1 is 1.09 bits per heavy atom. The van der Waals surface area contributed by atoms with Gasteiger partial charge in [-0.2, -0.15) is 0 Å². The molecule has 1 aliphatic rings. The van der Waals surface area contributed by atoms with Crippen LogP contribution in [0.25, 0.3) is 10.9 Å². The van der Waals surface area contributed by atoms with E-state index in [0.29, 0.717) is 12.2 Å². The second-order valence-electron chi connectivity index (χ2n) is 9.00. The van der Waals surface area contributed by atoms with Gasteiger partial charge in [-0.15, -0.1) is 0 Å². The van der Waals surface area contributed by atoms with Gasteiger partial charge in [-0.3, -0.25) is 4.79 Å². The number of H-pyrrole nitrogens is 1. The van der Waals surface area contributed by atoms with Crippen molar-refractivity contribution < 1.29 is 14.3 Å². The van der Waals surface area contributed by atoms with E-state index < -0.39 is 0 Å². The quantitative estimate of drug-likeness (QED) is 0.537. The Labute approximate surface area is 196 Å². The topological polar surface area (TPSA) is 57.8 Å². The summed E-state index contributed by atoms with van der Waals surface area (Å²) in [7, 11) is 5.44. The van der Waals surface area contributed by atoms with Crippen molar-refractivity contribution in [2.75, 3.05) is 47.4 Å². The number of amides is 1. The summed E-state index contributed by atoms with van der Waals surface area (Å²) in [6, 6.07) is 10.4. The highest BCUT2D eigenvalue weighted by Crippen LogP contribution is 2.32. The maximum atomic E-state index is 12.9. The SMILES string of the molecule is COc1cc2c(cc1OC)CC(=O)N(CCCN(C)CCc1c[nH]c3c(C)cccc13)CC2. The first-order chi connectivity index (χ1) is 16.0. The number of nitrogens with zero attached hydrogens (tertiary/aromatic N) is 2. The number of carbonyl (C=O) groups excluding carboxylic acids is 1. The van der Waals surface area contributed by atoms with Crippen molar-refractivity contribution in [1.29, 1.82) is 0 Å². The fraction of sp³-hybridized carbons (Fsp3) is 0.444. The number of aromatic nitrogens is 1. The molecule has 0 aliphatic carbocycles. The van der Waals surface area contributed by atoms with Gasteiger partial charge >= 0.3 is 0 Å². The third-order valence-corrected chi connectivity index (χ3v) is 6.79. The Hall–Kier alpha value is -2.99. The Kier molecular flexibility index (Phi) is 7.23. The molecule has 0 saturated carbocycles. The van der Waals surface area contributed by atoms with E-state index in [1.165, 1.54) is 27.6 Å². The number of hydrogen-bond acceptors (Lipinski definition) is 4. The molecule has 0 spiro atoms. The molecule has 2 heterocycles. The van der Waals surface area contributed by atoms with Gasteiger partial charge in [0.15, 0.2) is 11.5 Å². The predicted molar refractivity (Wildman–Crippen MR) is 132 cm³/mol. The van der Waals surface area contributed by atoms with Crippen LogP contribution in [0.15, 0.2) is 36.5 Å². The van der Waals surface area contributed by atoms with Gasteiger partial charge in [0.1, 0.15) is 0 Å². The van der Waals surface area contributed by atoms with Crippen LogP contribution in [0, 0.1) is 6.92 Å². The van der Waals surface area contributed by atoms with Crippen molar-refractivity contribution in [2.45, 2.75) is 32.6 Å². The van der Waals surface area contributed by atoms with Crippen LogP contribution in [0.4, 0.5) is 0 Å². The Morgan fingerprint density at radius 2 is 1.85 bits per heavy atom. The number of hydrogen-bond donors (Lipinski definition) is 1. The summed E-state index contributed by atoms with van der Waals surface area (Å²) in [6.07, 6.45) is 5.39. The van der Waals surface area contributed by atoms with Crippen LogP contribution in [0.3, 0.4) is 0 Å². The molecule has 6 heteroatoms. The highest BCUT2D eigenvalue weighted by Gasteiger charge is 2.22. The van der Waals surface area contributed by atoms with Crippen molar-refractivity contribution in [1.82, 2.24) is 14.8 Å². The van der Waals surface area contributed by atoms with Gasteiger partial charge in [-0.05, 0) is 74.2 Å². The molecule has 0 radical (unpaired) electrons. The molecule has 1 N–H and O–H groups in total. The average Bonchev–Trinajstić information content (AvgIpc) is 3.17. The lowest BCUT2D eigenvalue weighted by Gasteiger charge is -2.22. The zero-order valence-corrected chi connectivity index (χ0v) is 20.2. The maximum absolute atomic E-state index is 12.9. The van der Waals surface area contributed by atoms with Crippen LogP contribution in [0.2, 0.25) is 0 Å². The molecule has 6 nitrogen and oxygen atoms in total. The number of nitrogens with one attached hydrogen (secondary N) is 1. The molecule has 33 heavy (non-hydrogen) atoms. The van der Waals surface area contributed by atoms with E-state index in [1.54, 1.807) is 14.2 Å². The van der Waals surface area contributed by atoms with Crippen LogP contribution in [0.5, 0.6) is 11.5 Å². The first-order valence-electron chi connectivity index (χ1n) is 11.8. The zero-order chi connectivity index (χ0) is 23.4. The van der Waals surface area contributed by atoms with Crippen LogP contribution in [-0.4, -0.2) is 68.1 Å². The molecule has 0 atom stereocenters. The third-order valence-electron chi connectivity index (χ3n) is 6.79.